The Balaban J connectivity index is 2.15. The fraction of sp³-hybridized carbons (Fsp3) is 0.429. The molecule has 0 aliphatic rings. The highest BCUT2D eigenvalue weighted by atomic mass is 35.5. The lowest BCUT2D eigenvalue weighted by Crippen LogP contribution is -2.30. The topological polar surface area (TPSA) is 62.7 Å². The average molecular weight is 295 g/mol. The van der Waals surface area contributed by atoms with Crippen molar-refractivity contribution < 1.29 is 4.79 Å². The summed E-state index contributed by atoms with van der Waals surface area (Å²) in [4.78, 5) is 19.6. The molecule has 0 aliphatic carbocycles. The predicted molar refractivity (Wildman–Crippen MR) is 78.8 cm³/mol. The van der Waals surface area contributed by atoms with Crippen LogP contribution in [0.1, 0.15) is 49.0 Å². The first-order valence-corrected chi connectivity index (χ1v) is 7.19. The van der Waals surface area contributed by atoms with Gasteiger partial charge in [-0.05, 0) is 18.9 Å². The zero-order chi connectivity index (χ0) is 14.5. The summed E-state index contributed by atoms with van der Waals surface area (Å²) in [7, 11) is 0. The van der Waals surface area contributed by atoms with Gasteiger partial charge in [0.05, 0.1) is 11.1 Å². The Hall–Kier alpha value is -1.75. The molecule has 1 unspecified atom stereocenters. The van der Waals surface area contributed by atoms with Crippen LogP contribution in [0.15, 0.2) is 24.7 Å². The lowest BCUT2D eigenvalue weighted by atomic mass is 10.2. The van der Waals surface area contributed by atoms with Gasteiger partial charge in [-0.15, -0.1) is 0 Å². The van der Waals surface area contributed by atoms with E-state index in [0.717, 1.165) is 25.2 Å². The minimum absolute atomic E-state index is 0.124. The van der Waals surface area contributed by atoms with Crippen LogP contribution in [0.5, 0.6) is 0 Å². The van der Waals surface area contributed by atoms with Crippen LogP contribution < -0.4 is 5.32 Å². The van der Waals surface area contributed by atoms with E-state index in [1.165, 1.54) is 0 Å². The van der Waals surface area contributed by atoms with Gasteiger partial charge in [0.15, 0.2) is 0 Å². The number of aryl methyl sites for hydroxylation is 1. The molecule has 2 heterocycles. The Kier molecular flexibility index (Phi) is 4.84. The van der Waals surface area contributed by atoms with E-state index in [4.69, 9.17) is 11.6 Å². The number of halogens is 1. The molecule has 108 valence electrons. The molecule has 20 heavy (non-hydrogen) atoms. The second-order valence-electron chi connectivity index (χ2n) is 4.65. The van der Waals surface area contributed by atoms with Crippen molar-refractivity contribution in [1.29, 1.82) is 0 Å². The van der Waals surface area contributed by atoms with E-state index in [1.54, 1.807) is 24.7 Å². The summed E-state index contributed by atoms with van der Waals surface area (Å²) in [5.41, 5.74) is 0.585. The monoisotopic (exact) mass is 294 g/mol. The number of nitrogens with zero attached hydrogens (tertiary/aromatic N) is 2. The smallest absolute Gasteiger partial charge is 0.268 e. The van der Waals surface area contributed by atoms with Gasteiger partial charge in [-0.3, -0.25) is 4.79 Å². The summed E-state index contributed by atoms with van der Waals surface area (Å²) >= 11 is 6.00. The number of rotatable bonds is 6. The number of imidazole rings is 1. The summed E-state index contributed by atoms with van der Waals surface area (Å²) in [6, 6.07) is 1.57. The third-order valence-corrected chi connectivity index (χ3v) is 3.33. The van der Waals surface area contributed by atoms with Crippen LogP contribution in [0.2, 0.25) is 5.02 Å². The molecule has 2 aromatic rings. The molecule has 0 aromatic carbocycles. The first-order chi connectivity index (χ1) is 9.65. The molecule has 1 atom stereocenters. The molecule has 0 fully saturated rings. The lowest BCUT2D eigenvalue weighted by molar-refractivity contribution is 0.0924. The van der Waals surface area contributed by atoms with Crippen LogP contribution >= 0.6 is 11.6 Å². The molecule has 2 N–H and O–H groups in total. The van der Waals surface area contributed by atoms with Gasteiger partial charge in [-0.25, -0.2) is 4.98 Å². The molecule has 0 bridgehead atoms. The van der Waals surface area contributed by atoms with E-state index in [0.29, 0.717) is 10.7 Å². The zero-order valence-electron chi connectivity index (χ0n) is 11.7. The number of H-pyrrole nitrogens is 1. The van der Waals surface area contributed by atoms with Crippen molar-refractivity contribution in [1.82, 2.24) is 19.9 Å². The van der Waals surface area contributed by atoms with Gasteiger partial charge >= 0.3 is 0 Å². The highest BCUT2D eigenvalue weighted by Gasteiger charge is 2.18. The van der Waals surface area contributed by atoms with Crippen LogP contribution in [-0.2, 0) is 6.54 Å². The first kappa shape index (κ1) is 14.7. The largest absolute Gasteiger partial charge is 0.347 e. The third kappa shape index (κ3) is 3.22. The summed E-state index contributed by atoms with van der Waals surface area (Å²) in [6.07, 6.45) is 6.93. The summed E-state index contributed by atoms with van der Waals surface area (Å²) in [6.45, 7) is 4.84. The van der Waals surface area contributed by atoms with Gasteiger partial charge in [-0.2, -0.15) is 0 Å². The maximum absolute atomic E-state index is 12.4. The van der Waals surface area contributed by atoms with Crippen molar-refractivity contribution >= 4 is 17.5 Å². The van der Waals surface area contributed by atoms with Gasteiger partial charge in [0.2, 0.25) is 0 Å². The number of aromatic nitrogens is 3. The minimum atomic E-state index is -0.131. The maximum atomic E-state index is 12.4. The van der Waals surface area contributed by atoms with Gasteiger partial charge in [0.25, 0.3) is 5.91 Å². The number of aromatic amines is 1. The van der Waals surface area contributed by atoms with Gasteiger partial charge in [0, 0.05) is 25.1 Å². The van der Waals surface area contributed by atoms with E-state index < -0.39 is 0 Å². The zero-order valence-corrected chi connectivity index (χ0v) is 12.4. The van der Waals surface area contributed by atoms with Crippen molar-refractivity contribution in [3.63, 3.8) is 0 Å². The second-order valence-corrected chi connectivity index (χ2v) is 5.08. The predicted octanol–water partition coefficient (Wildman–Crippen LogP) is 3.16. The van der Waals surface area contributed by atoms with E-state index in [-0.39, 0.29) is 11.9 Å². The van der Waals surface area contributed by atoms with Crippen molar-refractivity contribution in [2.75, 3.05) is 0 Å². The molecule has 6 heteroatoms. The number of amides is 1. The van der Waals surface area contributed by atoms with Gasteiger partial charge in [-0.1, -0.05) is 25.4 Å². The molecule has 1 amide bonds. The van der Waals surface area contributed by atoms with E-state index in [9.17, 15) is 4.79 Å². The molecule has 0 radical (unpaired) electrons. The highest BCUT2D eigenvalue weighted by molar-refractivity contribution is 6.31. The standard InChI is InChI=1S/C14H19ClN4O/c1-3-7-19-9-10(15)8-12(19)14(20)18-11(4-2)13-16-5-6-17-13/h5-6,8-9,11H,3-4,7H2,1-2H3,(H,16,17)(H,18,20). The van der Waals surface area contributed by atoms with E-state index in [2.05, 4.69) is 22.2 Å². The van der Waals surface area contributed by atoms with Gasteiger partial charge < -0.3 is 14.9 Å². The van der Waals surface area contributed by atoms with Crippen LogP contribution in [0.3, 0.4) is 0 Å². The van der Waals surface area contributed by atoms with Crippen molar-refractivity contribution in [3.05, 3.63) is 41.2 Å². The van der Waals surface area contributed by atoms with Crippen LogP contribution in [0, 0.1) is 0 Å². The molecule has 0 spiro atoms. The number of carbonyl (C=O) groups is 1. The Bertz CT molecular complexity index is 562. The lowest BCUT2D eigenvalue weighted by Gasteiger charge is -2.15. The molecule has 0 saturated heterocycles. The quantitative estimate of drug-likeness (QED) is 0.859. The molecular weight excluding hydrogens is 276 g/mol. The molecule has 2 aromatic heterocycles. The number of nitrogens with one attached hydrogen (secondary N) is 2. The molecular formula is C14H19ClN4O. The van der Waals surface area contributed by atoms with Crippen molar-refractivity contribution in [2.45, 2.75) is 39.3 Å². The fourth-order valence-electron chi connectivity index (χ4n) is 2.16. The van der Waals surface area contributed by atoms with E-state index in [1.807, 2.05) is 11.5 Å². The number of carbonyl (C=O) groups excluding carboxylic acids is 1. The Morgan fingerprint density at radius 3 is 2.95 bits per heavy atom. The van der Waals surface area contributed by atoms with Gasteiger partial charge in [0.1, 0.15) is 11.5 Å². The summed E-state index contributed by atoms with van der Waals surface area (Å²) < 4.78 is 1.88. The third-order valence-electron chi connectivity index (χ3n) is 3.12. The van der Waals surface area contributed by atoms with Crippen LogP contribution in [0.4, 0.5) is 0 Å². The minimum Gasteiger partial charge on any atom is -0.347 e. The second kappa shape index (κ2) is 6.61. The number of hydrogen-bond acceptors (Lipinski definition) is 2. The summed E-state index contributed by atoms with van der Waals surface area (Å²) in [5, 5.41) is 3.56. The normalized spacial score (nSPS) is 12.3. The Morgan fingerprint density at radius 2 is 2.35 bits per heavy atom. The summed E-state index contributed by atoms with van der Waals surface area (Å²) in [5.74, 6) is 0.633. The van der Waals surface area contributed by atoms with Crippen LogP contribution in [0.25, 0.3) is 0 Å². The molecule has 0 saturated carbocycles. The van der Waals surface area contributed by atoms with Crippen LogP contribution in [-0.4, -0.2) is 20.4 Å². The number of hydrogen-bond donors (Lipinski definition) is 2. The highest BCUT2D eigenvalue weighted by Crippen LogP contribution is 2.17. The molecule has 2 rings (SSSR count). The maximum Gasteiger partial charge on any atom is 0.268 e. The first-order valence-electron chi connectivity index (χ1n) is 6.81. The molecule has 0 aliphatic heterocycles. The van der Waals surface area contributed by atoms with Crippen molar-refractivity contribution in [2.24, 2.45) is 0 Å². The Morgan fingerprint density at radius 1 is 1.55 bits per heavy atom. The average Bonchev–Trinajstić information content (AvgIpc) is 3.06. The van der Waals surface area contributed by atoms with Crippen molar-refractivity contribution in [3.8, 4) is 0 Å². The SMILES string of the molecule is CCCn1cc(Cl)cc1C(=O)NC(CC)c1ncc[nH]1. The van der Waals surface area contributed by atoms with E-state index >= 15 is 0 Å². The fourth-order valence-corrected chi connectivity index (χ4v) is 2.38. The molecule has 5 nitrogen and oxygen atoms in total. The Labute approximate surface area is 123 Å².